The number of halogens is 2. The zero-order chi connectivity index (χ0) is 15.6. The zero-order valence-corrected chi connectivity index (χ0v) is 16.3. The van der Waals surface area contributed by atoms with Gasteiger partial charge in [-0.15, -0.1) is 11.3 Å². The van der Waals surface area contributed by atoms with Crippen LogP contribution in [0.15, 0.2) is 25.8 Å². The second kappa shape index (κ2) is 7.13. The van der Waals surface area contributed by atoms with Crippen molar-refractivity contribution in [3.8, 4) is 11.5 Å². The number of hydrogen-bond donors (Lipinski definition) is 1. The van der Waals surface area contributed by atoms with Crippen LogP contribution >= 0.6 is 43.2 Å². The summed E-state index contributed by atoms with van der Waals surface area (Å²) in [5.74, 6) is 1.49. The van der Waals surface area contributed by atoms with E-state index in [1.807, 2.05) is 19.2 Å². The van der Waals surface area contributed by atoms with Gasteiger partial charge in [0.05, 0.1) is 27.8 Å². The van der Waals surface area contributed by atoms with Gasteiger partial charge in [0.2, 0.25) is 0 Å². The predicted octanol–water partition coefficient (Wildman–Crippen LogP) is 4.91. The fourth-order valence-corrected chi connectivity index (χ4v) is 5.24. The maximum absolute atomic E-state index is 5.43. The highest BCUT2D eigenvalue weighted by molar-refractivity contribution is 9.12. The first kappa shape index (κ1) is 16.8. The second-order valence-electron chi connectivity index (χ2n) is 4.57. The van der Waals surface area contributed by atoms with Crippen molar-refractivity contribution in [2.75, 3.05) is 21.3 Å². The summed E-state index contributed by atoms with van der Waals surface area (Å²) in [6.07, 6.45) is 0. The number of rotatable bonds is 5. The van der Waals surface area contributed by atoms with E-state index in [4.69, 9.17) is 9.47 Å². The van der Waals surface area contributed by atoms with Crippen LogP contribution in [0, 0.1) is 6.92 Å². The van der Waals surface area contributed by atoms with Gasteiger partial charge in [-0.25, -0.2) is 0 Å². The summed E-state index contributed by atoms with van der Waals surface area (Å²) >= 11 is 8.84. The first-order valence-electron chi connectivity index (χ1n) is 6.36. The van der Waals surface area contributed by atoms with E-state index in [-0.39, 0.29) is 6.04 Å². The number of nitrogens with one attached hydrogen (secondary N) is 1. The molecule has 3 nitrogen and oxygen atoms in total. The van der Waals surface area contributed by atoms with Gasteiger partial charge < -0.3 is 14.8 Å². The Kier molecular flexibility index (Phi) is 5.71. The topological polar surface area (TPSA) is 30.5 Å². The molecule has 0 radical (unpaired) electrons. The predicted molar refractivity (Wildman–Crippen MR) is 94.9 cm³/mol. The van der Waals surface area contributed by atoms with Crippen LogP contribution in [-0.2, 0) is 0 Å². The Hall–Kier alpha value is -0.560. The third kappa shape index (κ3) is 3.44. The van der Waals surface area contributed by atoms with E-state index in [1.54, 1.807) is 25.6 Å². The first-order valence-corrected chi connectivity index (χ1v) is 8.76. The highest BCUT2D eigenvalue weighted by Crippen LogP contribution is 2.40. The van der Waals surface area contributed by atoms with E-state index in [9.17, 15) is 0 Å². The van der Waals surface area contributed by atoms with Crippen LogP contribution in [0.4, 0.5) is 0 Å². The molecule has 1 heterocycles. The molecule has 0 aliphatic rings. The van der Waals surface area contributed by atoms with Crippen molar-refractivity contribution in [2.45, 2.75) is 13.0 Å². The number of hydrogen-bond acceptors (Lipinski definition) is 4. The Balaban J connectivity index is 2.54. The summed E-state index contributed by atoms with van der Waals surface area (Å²) in [4.78, 5) is 0. The van der Waals surface area contributed by atoms with Gasteiger partial charge in [-0.2, -0.15) is 0 Å². The van der Waals surface area contributed by atoms with Crippen molar-refractivity contribution in [1.29, 1.82) is 0 Å². The first-order chi connectivity index (χ1) is 10.0. The minimum absolute atomic E-state index is 0.0849. The number of benzene rings is 1. The molecule has 0 aliphatic heterocycles. The van der Waals surface area contributed by atoms with Crippen LogP contribution in [-0.4, -0.2) is 21.3 Å². The Morgan fingerprint density at radius 2 is 1.67 bits per heavy atom. The van der Waals surface area contributed by atoms with E-state index in [1.165, 1.54) is 11.1 Å². The normalized spacial score (nSPS) is 12.3. The summed E-state index contributed by atoms with van der Waals surface area (Å²) in [5.41, 5.74) is 3.52. The molecule has 0 spiro atoms. The Labute approximate surface area is 145 Å². The molecule has 1 unspecified atom stereocenters. The SMILES string of the molecule is CNC(c1cc(OC)c(OC)cc1C)c1cc(Br)sc1Br. The molecule has 0 saturated heterocycles. The molecule has 0 amide bonds. The van der Waals surface area contributed by atoms with Gasteiger partial charge in [0.25, 0.3) is 0 Å². The summed E-state index contributed by atoms with van der Waals surface area (Å²) in [5, 5.41) is 3.38. The summed E-state index contributed by atoms with van der Waals surface area (Å²) in [6.45, 7) is 2.08. The van der Waals surface area contributed by atoms with Crippen LogP contribution in [0.1, 0.15) is 22.7 Å². The van der Waals surface area contributed by atoms with Crippen molar-refractivity contribution in [2.24, 2.45) is 0 Å². The molecule has 1 N–H and O–H groups in total. The molecule has 1 aromatic heterocycles. The molecule has 1 atom stereocenters. The van der Waals surface area contributed by atoms with E-state index >= 15 is 0 Å². The molecule has 0 aliphatic carbocycles. The average molecular weight is 435 g/mol. The van der Waals surface area contributed by atoms with Gasteiger partial charge in [-0.1, -0.05) is 0 Å². The minimum atomic E-state index is 0.0849. The third-order valence-corrected chi connectivity index (χ3v) is 5.75. The molecule has 0 saturated carbocycles. The molecular formula is C15H17Br2NO2S. The maximum atomic E-state index is 5.43. The number of ether oxygens (including phenoxy) is 2. The minimum Gasteiger partial charge on any atom is -0.493 e. The van der Waals surface area contributed by atoms with E-state index in [0.29, 0.717) is 0 Å². The average Bonchev–Trinajstić information content (AvgIpc) is 2.79. The van der Waals surface area contributed by atoms with Crippen molar-refractivity contribution >= 4 is 43.2 Å². The Morgan fingerprint density at radius 3 is 2.14 bits per heavy atom. The van der Waals surface area contributed by atoms with Crippen LogP contribution in [0.3, 0.4) is 0 Å². The molecule has 2 rings (SSSR count). The lowest BCUT2D eigenvalue weighted by Crippen LogP contribution is -2.18. The summed E-state index contributed by atoms with van der Waals surface area (Å²) < 4.78 is 13.0. The molecule has 0 bridgehead atoms. The molecule has 2 aromatic rings. The largest absolute Gasteiger partial charge is 0.493 e. The van der Waals surface area contributed by atoms with Gasteiger partial charge in [0, 0.05) is 0 Å². The van der Waals surface area contributed by atoms with Crippen LogP contribution < -0.4 is 14.8 Å². The van der Waals surface area contributed by atoms with Gasteiger partial charge in [-0.05, 0) is 80.7 Å². The van der Waals surface area contributed by atoms with E-state index < -0.39 is 0 Å². The van der Waals surface area contributed by atoms with Crippen molar-refractivity contribution in [3.05, 3.63) is 42.5 Å². The fraction of sp³-hybridized carbons (Fsp3) is 0.333. The van der Waals surface area contributed by atoms with Gasteiger partial charge in [0.1, 0.15) is 0 Å². The number of thiophene rings is 1. The molecule has 6 heteroatoms. The molecule has 114 valence electrons. The monoisotopic (exact) mass is 433 g/mol. The van der Waals surface area contributed by atoms with Gasteiger partial charge in [-0.3, -0.25) is 0 Å². The Bertz CT molecular complexity index is 643. The lowest BCUT2D eigenvalue weighted by Gasteiger charge is -2.21. The lowest BCUT2D eigenvalue weighted by molar-refractivity contribution is 0.354. The van der Waals surface area contributed by atoms with Gasteiger partial charge in [0.15, 0.2) is 11.5 Å². The summed E-state index contributed by atoms with van der Waals surface area (Å²) in [6, 6.07) is 6.26. The molecule has 1 aromatic carbocycles. The second-order valence-corrected chi connectivity index (χ2v) is 8.31. The van der Waals surface area contributed by atoms with Gasteiger partial charge >= 0.3 is 0 Å². The third-order valence-electron chi connectivity index (χ3n) is 3.37. The smallest absolute Gasteiger partial charge is 0.161 e. The highest BCUT2D eigenvalue weighted by Gasteiger charge is 2.21. The Morgan fingerprint density at radius 1 is 1.05 bits per heavy atom. The van der Waals surface area contributed by atoms with Crippen LogP contribution in [0.25, 0.3) is 0 Å². The zero-order valence-electron chi connectivity index (χ0n) is 12.3. The highest BCUT2D eigenvalue weighted by atomic mass is 79.9. The summed E-state index contributed by atoms with van der Waals surface area (Å²) in [7, 11) is 5.26. The number of aryl methyl sites for hydroxylation is 1. The molecular weight excluding hydrogens is 418 g/mol. The van der Waals surface area contributed by atoms with Crippen LogP contribution in [0.5, 0.6) is 11.5 Å². The molecule has 0 fully saturated rings. The quantitative estimate of drug-likeness (QED) is 0.725. The van der Waals surface area contributed by atoms with Crippen LogP contribution in [0.2, 0.25) is 0 Å². The maximum Gasteiger partial charge on any atom is 0.161 e. The molecule has 21 heavy (non-hydrogen) atoms. The fourth-order valence-electron chi connectivity index (χ4n) is 2.34. The van der Waals surface area contributed by atoms with Crippen molar-refractivity contribution in [1.82, 2.24) is 5.32 Å². The van der Waals surface area contributed by atoms with Crippen molar-refractivity contribution < 1.29 is 9.47 Å². The number of methoxy groups -OCH3 is 2. The van der Waals surface area contributed by atoms with Crippen molar-refractivity contribution in [3.63, 3.8) is 0 Å². The van der Waals surface area contributed by atoms with E-state index in [0.717, 1.165) is 24.6 Å². The lowest BCUT2D eigenvalue weighted by atomic mass is 9.96. The van der Waals surface area contributed by atoms with E-state index in [2.05, 4.69) is 50.2 Å². The standard InChI is InChI=1S/C15H17Br2NO2S/c1-8-5-11(19-3)12(20-4)6-9(8)14(18-2)10-7-13(16)21-15(10)17/h5-7,14,18H,1-4H3.